The Bertz CT molecular complexity index is 1350. The molecule has 2 heterocycles. The van der Waals surface area contributed by atoms with Crippen molar-refractivity contribution in [2.45, 2.75) is 110 Å². The lowest BCUT2D eigenvalue weighted by molar-refractivity contribution is -0.883. The fraction of sp³-hybridized carbons (Fsp3) is 0.727. The smallest absolute Gasteiger partial charge is 0.303 e. The highest BCUT2D eigenvalue weighted by Gasteiger charge is 2.55. The number of ether oxygens (including phenoxy) is 11. The molecule has 19 nitrogen and oxygen atoms in total. The number of hydrogen-bond donors (Lipinski definition) is 0. The number of terminal acetylenes is 1. The summed E-state index contributed by atoms with van der Waals surface area (Å²) in [4.78, 5) is 85.1. The summed E-state index contributed by atoms with van der Waals surface area (Å²) in [7, 11) is 3.72. The average molecular weight is 874 g/mol. The van der Waals surface area contributed by atoms with Gasteiger partial charge >= 0.3 is 41.8 Å². The molecule has 0 bridgehead atoms. The van der Waals surface area contributed by atoms with E-state index in [2.05, 4.69) is 5.92 Å². The Kier molecular flexibility index (Phi) is 19.6. The summed E-state index contributed by atoms with van der Waals surface area (Å²) in [5.74, 6) is -3.17. The van der Waals surface area contributed by atoms with Crippen molar-refractivity contribution >= 4 is 41.8 Å². The van der Waals surface area contributed by atoms with Gasteiger partial charge in [-0.1, -0.05) is 0 Å². The van der Waals surface area contributed by atoms with Gasteiger partial charge in [0.15, 0.2) is 49.2 Å². The molecule has 20 heteroatoms. The molecule has 0 saturated carbocycles. The quantitative estimate of drug-likeness (QED) is 0.0480. The van der Waals surface area contributed by atoms with E-state index in [1.807, 2.05) is 14.1 Å². The zero-order valence-electron chi connectivity index (χ0n) is 31.1. The van der Waals surface area contributed by atoms with E-state index in [9.17, 15) is 33.6 Å². The zero-order valence-corrected chi connectivity index (χ0v) is 33.2. The molecule has 10 atom stereocenters. The van der Waals surface area contributed by atoms with Gasteiger partial charge in [0.25, 0.3) is 0 Å². The third kappa shape index (κ3) is 15.7. The highest BCUT2D eigenvalue weighted by Crippen LogP contribution is 2.33. The Labute approximate surface area is 324 Å². The SMILES string of the molecule is C#CC[N+](C)(C)CCO[C@@H]1O[C@H](CO[C@H]2O[C@H](COC(C)=O)[C@H](OC(C)=O)[C@H](OC(C)=O)[C@H]2OC(C)=O)[C@@H](OC(C)=O)[C@H](OC(C)=O)[C@H]1OC(C)=O.[I-]. The number of likely N-dealkylation sites (N-methyl/N-ethyl adjacent to an activating group) is 1. The first-order valence-electron chi connectivity index (χ1n) is 16.2. The summed E-state index contributed by atoms with van der Waals surface area (Å²) in [5, 5.41) is 0. The van der Waals surface area contributed by atoms with E-state index < -0.39 is 116 Å². The van der Waals surface area contributed by atoms with Crippen LogP contribution in [0.3, 0.4) is 0 Å². The van der Waals surface area contributed by atoms with Crippen molar-refractivity contribution in [1.82, 2.24) is 0 Å². The Balaban J connectivity index is 0.0000140. The summed E-state index contributed by atoms with van der Waals surface area (Å²) < 4.78 is 62.4. The Hall–Kier alpha value is -3.62. The minimum Gasteiger partial charge on any atom is -1.00 e. The first-order valence-corrected chi connectivity index (χ1v) is 16.2. The summed E-state index contributed by atoms with van der Waals surface area (Å²) in [6.45, 7) is 7.21. The van der Waals surface area contributed by atoms with Gasteiger partial charge in [0, 0.05) is 48.5 Å². The molecule has 0 N–H and O–H groups in total. The lowest BCUT2D eigenvalue weighted by Crippen LogP contribution is -3.00. The van der Waals surface area contributed by atoms with Gasteiger partial charge in [-0.2, -0.15) is 0 Å². The normalized spacial score (nSPS) is 28.1. The maximum absolute atomic E-state index is 12.3. The lowest BCUT2D eigenvalue weighted by atomic mass is 9.97. The van der Waals surface area contributed by atoms with Crippen molar-refractivity contribution < 1.29 is 114 Å². The van der Waals surface area contributed by atoms with Gasteiger partial charge < -0.3 is 80.6 Å². The van der Waals surface area contributed by atoms with Crippen molar-refractivity contribution in [2.24, 2.45) is 0 Å². The second-order valence-corrected chi connectivity index (χ2v) is 12.6. The van der Waals surface area contributed by atoms with E-state index in [0.717, 1.165) is 48.5 Å². The molecular formula is C33H48INO18. The van der Waals surface area contributed by atoms with Crippen LogP contribution in [0, 0.1) is 12.3 Å². The van der Waals surface area contributed by atoms with Crippen molar-refractivity contribution in [3.63, 3.8) is 0 Å². The molecule has 2 aliphatic rings. The molecule has 53 heavy (non-hydrogen) atoms. The van der Waals surface area contributed by atoms with Crippen LogP contribution in [0.5, 0.6) is 0 Å². The van der Waals surface area contributed by atoms with E-state index in [4.69, 9.17) is 58.5 Å². The van der Waals surface area contributed by atoms with Crippen LogP contribution in [0.15, 0.2) is 0 Å². The Morgan fingerprint density at radius 2 is 0.906 bits per heavy atom. The van der Waals surface area contributed by atoms with Crippen LogP contribution in [0.25, 0.3) is 0 Å². The highest BCUT2D eigenvalue weighted by molar-refractivity contribution is 5.69. The zero-order chi connectivity index (χ0) is 39.3. The van der Waals surface area contributed by atoms with Gasteiger partial charge in [-0.15, -0.1) is 6.42 Å². The molecule has 2 aliphatic heterocycles. The van der Waals surface area contributed by atoms with Crippen molar-refractivity contribution in [3.8, 4) is 12.3 Å². The largest absolute Gasteiger partial charge is 1.00 e. The number of carbonyl (C=O) groups is 7. The molecular weight excluding hydrogens is 825 g/mol. The maximum atomic E-state index is 12.3. The molecule has 0 aromatic carbocycles. The topological polar surface area (TPSA) is 221 Å². The molecule has 2 rings (SSSR count). The van der Waals surface area contributed by atoms with Gasteiger partial charge in [0.05, 0.1) is 27.3 Å². The van der Waals surface area contributed by atoms with E-state index in [-0.39, 0.29) is 30.6 Å². The number of esters is 7. The third-order valence-electron chi connectivity index (χ3n) is 7.37. The summed E-state index contributed by atoms with van der Waals surface area (Å²) >= 11 is 0. The Morgan fingerprint density at radius 1 is 0.547 bits per heavy atom. The monoisotopic (exact) mass is 873 g/mol. The molecule has 0 aromatic heterocycles. The maximum Gasteiger partial charge on any atom is 0.303 e. The number of carbonyl (C=O) groups excluding carboxylic acids is 7. The van der Waals surface area contributed by atoms with Crippen LogP contribution < -0.4 is 24.0 Å². The molecule has 0 spiro atoms. The predicted octanol–water partition coefficient (Wildman–Crippen LogP) is -3.66. The average Bonchev–Trinajstić information content (AvgIpc) is 2.99. The second-order valence-electron chi connectivity index (χ2n) is 12.6. The second kappa shape index (κ2) is 21.9. The van der Waals surface area contributed by atoms with E-state index in [1.165, 1.54) is 0 Å². The van der Waals surface area contributed by atoms with Crippen LogP contribution in [0.4, 0.5) is 0 Å². The van der Waals surface area contributed by atoms with Gasteiger partial charge in [0.1, 0.15) is 31.9 Å². The van der Waals surface area contributed by atoms with Crippen LogP contribution in [-0.2, 0) is 85.7 Å². The van der Waals surface area contributed by atoms with Gasteiger partial charge in [0.2, 0.25) is 0 Å². The first-order chi connectivity index (χ1) is 24.2. The molecule has 0 radical (unpaired) electrons. The first kappa shape index (κ1) is 47.4. The molecule has 2 fully saturated rings. The molecule has 0 amide bonds. The molecule has 0 unspecified atom stereocenters. The van der Waals surface area contributed by atoms with Gasteiger partial charge in [-0.25, -0.2) is 0 Å². The number of nitrogens with zero attached hydrogens (tertiary/aromatic N) is 1. The number of quaternary nitrogens is 1. The van der Waals surface area contributed by atoms with Crippen LogP contribution in [0.1, 0.15) is 48.5 Å². The highest BCUT2D eigenvalue weighted by atomic mass is 127. The summed E-state index contributed by atoms with van der Waals surface area (Å²) in [6.07, 6.45) is -9.24. The fourth-order valence-corrected chi connectivity index (χ4v) is 5.38. The summed E-state index contributed by atoms with van der Waals surface area (Å²) in [5.41, 5.74) is 0. The van der Waals surface area contributed by atoms with E-state index >= 15 is 0 Å². The van der Waals surface area contributed by atoms with Gasteiger partial charge in [-0.3, -0.25) is 33.6 Å². The van der Waals surface area contributed by atoms with Gasteiger partial charge in [-0.05, 0) is 5.92 Å². The Morgan fingerprint density at radius 3 is 1.28 bits per heavy atom. The van der Waals surface area contributed by atoms with Crippen molar-refractivity contribution in [3.05, 3.63) is 0 Å². The minimum atomic E-state index is -1.64. The molecule has 0 aromatic rings. The van der Waals surface area contributed by atoms with Crippen LogP contribution >= 0.6 is 0 Å². The predicted molar refractivity (Wildman–Crippen MR) is 170 cm³/mol. The van der Waals surface area contributed by atoms with E-state index in [0.29, 0.717) is 17.6 Å². The van der Waals surface area contributed by atoms with Crippen molar-refractivity contribution in [2.75, 3.05) is 47.0 Å². The molecule has 2 saturated heterocycles. The lowest BCUT2D eigenvalue weighted by Gasteiger charge is -2.46. The molecule has 0 aliphatic carbocycles. The summed E-state index contributed by atoms with van der Waals surface area (Å²) in [6, 6.07) is 0. The molecule has 300 valence electrons. The standard InChI is InChI=1S/C33H48NO18.HI/c1-11-12-34(9,10)13-14-42-32-30(49-22(7)40)28(47-20(5)38)27(46-19(4)37)25(51-32)16-44-33-31(50-23(8)41)29(48-21(6)39)26(45-18(3)36)24(52-33)15-43-17(2)35;/h1,24-33H,12-16H2,2-10H3;1H/q+1;/p-1/t24-,25-,26+,27-,28+,29+,30-,31-,32-,33+;/m1./s1. The minimum absolute atomic E-state index is 0. The van der Waals surface area contributed by atoms with E-state index in [1.54, 1.807) is 0 Å². The number of hydrogen-bond acceptors (Lipinski definition) is 18. The van der Waals surface area contributed by atoms with Crippen LogP contribution in [-0.4, -0.2) is 155 Å². The third-order valence-corrected chi connectivity index (χ3v) is 7.37. The van der Waals surface area contributed by atoms with Crippen molar-refractivity contribution in [1.29, 1.82) is 0 Å². The number of rotatable bonds is 16. The fourth-order valence-electron chi connectivity index (χ4n) is 5.38. The number of halogens is 1. The van der Waals surface area contributed by atoms with Crippen LogP contribution in [0.2, 0.25) is 0 Å².